The van der Waals surface area contributed by atoms with Crippen LogP contribution in [0.15, 0.2) is 12.2 Å². The van der Waals surface area contributed by atoms with Gasteiger partial charge < -0.3 is 5.73 Å². The predicted octanol–water partition coefficient (Wildman–Crippen LogP) is 2.33. The van der Waals surface area contributed by atoms with E-state index in [0.717, 1.165) is 18.9 Å². The fraction of sp³-hybridized carbons (Fsp3) is 0.778. The average Bonchev–Trinajstić information content (AvgIpc) is 1.87. The third-order valence-corrected chi connectivity index (χ3v) is 1.41. The number of rotatable bonds is 5. The molecule has 1 heteroatoms. The highest BCUT2D eigenvalue weighted by Crippen LogP contribution is 2.03. The van der Waals surface area contributed by atoms with Gasteiger partial charge in [-0.15, -0.1) is 0 Å². The van der Waals surface area contributed by atoms with Crippen molar-refractivity contribution < 1.29 is 0 Å². The van der Waals surface area contributed by atoms with Crippen LogP contribution in [0.5, 0.6) is 0 Å². The fourth-order valence-corrected chi connectivity index (χ4v) is 0.761. The molecule has 1 nitrogen and oxygen atoms in total. The first-order chi connectivity index (χ1) is 4.77. The van der Waals surface area contributed by atoms with Gasteiger partial charge in [-0.3, -0.25) is 0 Å². The van der Waals surface area contributed by atoms with Crippen LogP contribution >= 0.6 is 0 Å². The van der Waals surface area contributed by atoms with Crippen LogP contribution in [-0.2, 0) is 0 Å². The van der Waals surface area contributed by atoms with Crippen LogP contribution in [0.2, 0.25) is 0 Å². The molecule has 0 aromatic carbocycles. The maximum Gasteiger partial charge on any atom is -0.00426 e. The van der Waals surface area contributed by atoms with Crippen molar-refractivity contribution in [2.75, 3.05) is 6.54 Å². The molecule has 0 spiro atoms. The molecule has 0 atom stereocenters. The molecule has 0 saturated heterocycles. The van der Waals surface area contributed by atoms with Gasteiger partial charge in [-0.05, 0) is 31.7 Å². The lowest BCUT2D eigenvalue weighted by Gasteiger charge is -1.98. The standard InChI is InChI=1S/C9H19N/c1-9(2)7-5-3-4-6-8-10/h3-4,9H,5-8,10H2,1-2H3. The molecule has 0 aromatic heterocycles. The van der Waals surface area contributed by atoms with Crippen molar-refractivity contribution in [2.24, 2.45) is 11.7 Å². The topological polar surface area (TPSA) is 26.0 Å². The lowest BCUT2D eigenvalue weighted by Crippen LogP contribution is -1.95. The Labute approximate surface area is 64.3 Å². The predicted molar refractivity (Wildman–Crippen MR) is 46.9 cm³/mol. The number of nitrogens with two attached hydrogens (primary N) is 1. The molecule has 0 radical (unpaired) electrons. The Bertz CT molecular complexity index is 84.7. The molecule has 2 N–H and O–H groups in total. The number of hydrogen-bond donors (Lipinski definition) is 1. The van der Waals surface area contributed by atoms with Crippen LogP contribution in [-0.4, -0.2) is 6.54 Å². The van der Waals surface area contributed by atoms with Crippen LogP contribution in [0.1, 0.15) is 33.1 Å². The van der Waals surface area contributed by atoms with Gasteiger partial charge >= 0.3 is 0 Å². The van der Waals surface area contributed by atoms with E-state index in [4.69, 9.17) is 5.73 Å². The van der Waals surface area contributed by atoms with E-state index in [1.807, 2.05) is 0 Å². The van der Waals surface area contributed by atoms with E-state index >= 15 is 0 Å². The van der Waals surface area contributed by atoms with E-state index in [9.17, 15) is 0 Å². The summed E-state index contributed by atoms with van der Waals surface area (Å²) >= 11 is 0. The van der Waals surface area contributed by atoms with Crippen molar-refractivity contribution in [1.82, 2.24) is 0 Å². The van der Waals surface area contributed by atoms with Gasteiger partial charge in [0.1, 0.15) is 0 Å². The lowest BCUT2D eigenvalue weighted by molar-refractivity contribution is 0.594. The molecule has 0 heterocycles. The molecule has 0 bridgehead atoms. The monoisotopic (exact) mass is 141 g/mol. The average molecular weight is 141 g/mol. The maximum absolute atomic E-state index is 5.32. The summed E-state index contributed by atoms with van der Waals surface area (Å²) in [4.78, 5) is 0. The van der Waals surface area contributed by atoms with Crippen LogP contribution in [0.4, 0.5) is 0 Å². The molecule has 10 heavy (non-hydrogen) atoms. The first-order valence-corrected chi connectivity index (χ1v) is 4.12. The zero-order chi connectivity index (χ0) is 7.82. The van der Waals surface area contributed by atoms with Crippen LogP contribution in [0.25, 0.3) is 0 Å². The van der Waals surface area contributed by atoms with Crippen molar-refractivity contribution in [1.29, 1.82) is 0 Å². The van der Waals surface area contributed by atoms with E-state index in [1.165, 1.54) is 12.8 Å². The van der Waals surface area contributed by atoms with E-state index in [2.05, 4.69) is 26.0 Å². The van der Waals surface area contributed by atoms with Gasteiger partial charge in [-0.25, -0.2) is 0 Å². The lowest BCUT2D eigenvalue weighted by atomic mass is 10.1. The minimum atomic E-state index is 0.776. The molecule has 0 aliphatic rings. The summed E-state index contributed by atoms with van der Waals surface area (Å²) in [5, 5.41) is 0. The van der Waals surface area contributed by atoms with Crippen molar-refractivity contribution in [2.45, 2.75) is 33.1 Å². The number of allylic oxidation sites excluding steroid dienone is 1. The van der Waals surface area contributed by atoms with Crippen LogP contribution < -0.4 is 5.73 Å². The summed E-state index contributed by atoms with van der Waals surface area (Å²) in [7, 11) is 0. The molecule has 60 valence electrons. The third kappa shape index (κ3) is 7.70. The Balaban J connectivity index is 3.02. The zero-order valence-corrected chi connectivity index (χ0v) is 7.14. The molecule has 0 rings (SSSR count). The van der Waals surface area contributed by atoms with Gasteiger partial charge in [0.2, 0.25) is 0 Å². The largest absolute Gasteiger partial charge is 0.330 e. The van der Waals surface area contributed by atoms with E-state index in [-0.39, 0.29) is 0 Å². The Morgan fingerprint density at radius 3 is 2.30 bits per heavy atom. The van der Waals surface area contributed by atoms with Crippen molar-refractivity contribution in [3.8, 4) is 0 Å². The van der Waals surface area contributed by atoms with Crippen LogP contribution in [0.3, 0.4) is 0 Å². The molecular formula is C9H19N. The minimum Gasteiger partial charge on any atom is -0.330 e. The van der Waals surface area contributed by atoms with Crippen LogP contribution in [0, 0.1) is 5.92 Å². The SMILES string of the molecule is CC(C)CCC=CCCN. The van der Waals surface area contributed by atoms with Gasteiger partial charge in [-0.2, -0.15) is 0 Å². The smallest absolute Gasteiger partial charge is 0.00426 e. The second kappa shape index (κ2) is 6.81. The first-order valence-electron chi connectivity index (χ1n) is 4.12. The van der Waals surface area contributed by atoms with Crippen molar-refractivity contribution in [3.63, 3.8) is 0 Å². The molecule has 0 unspecified atom stereocenters. The van der Waals surface area contributed by atoms with Gasteiger partial charge in [0, 0.05) is 0 Å². The molecule has 0 fully saturated rings. The van der Waals surface area contributed by atoms with Crippen molar-refractivity contribution in [3.05, 3.63) is 12.2 Å². The Hall–Kier alpha value is -0.300. The van der Waals surface area contributed by atoms with E-state index in [1.54, 1.807) is 0 Å². The highest BCUT2D eigenvalue weighted by Gasteiger charge is 1.88. The Morgan fingerprint density at radius 1 is 1.20 bits per heavy atom. The zero-order valence-electron chi connectivity index (χ0n) is 7.14. The highest BCUT2D eigenvalue weighted by molar-refractivity contribution is 4.81. The van der Waals surface area contributed by atoms with E-state index in [0.29, 0.717) is 0 Å². The highest BCUT2D eigenvalue weighted by atomic mass is 14.5. The summed E-state index contributed by atoms with van der Waals surface area (Å²) in [5.41, 5.74) is 5.32. The minimum absolute atomic E-state index is 0.776. The van der Waals surface area contributed by atoms with Gasteiger partial charge in [0.15, 0.2) is 0 Å². The fourth-order valence-electron chi connectivity index (χ4n) is 0.761. The molecular weight excluding hydrogens is 122 g/mol. The second-order valence-corrected chi connectivity index (χ2v) is 3.02. The molecule has 0 aromatic rings. The normalized spacial score (nSPS) is 11.6. The summed E-state index contributed by atoms with van der Waals surface area (Å²) in [6.45, 7) is 5.27. The van der Waals surface area contributed by atoms with Gasteiger partial charge in [-0.1, -0.05) is 26.0 Å². The second-order valence-electron chi connectivity index (χ2n) is 3.02. The third-order valence-electron chi connectivity index (χ3n) is 1.41. The van der Waals surface area contributed by atoms with Crippen molar-refractivity contribution >= 4 is 0 Å². The quantitative estimate of drug-likeness (QED) is 0.584. The molecule has 0 aliphatic heterocycles. The van der Waals surface area contributed by atoms with Gasteiger partial charge in [0.05, 0.1) is 0 Å². The maximum atomic E-state index is 5.32. The first kappa shape index (κ1) is 9.70. The summed E-state index contributed by atoms with van der Waals surface area (Å²) < 4.78 is 0. The summed E-state index contributed by atoms with van der Waals surface area (Å²) in [5.74, 6) is 0.822. The molecule has 0 aliphatic carbocycles. The Kier molecular flexibility index (Phi) is 6.61. The summed E-state index contributed by atoms with van der Waals surface area (Å²) in [6, 6.07) is 0. The Morgan fingerprint density at radius 2 is 1.80 bits per heavy atom. The molecule has 0 saturated carbocycles. The molecule has 0 amide bonds. The van der Waals surface area contributed by atoms with E-state index < -0.39 is 0 Å². The summed E-state index contributed by atoms with van der Waals surface area (Å²) in [6.07, 6.45) is 7.92. The number of hydrogen-bond acceptors (Lipinski definition) is 1. The van der Waals surface area contributed by atoms with Gasteiger partial charge in [0.25, 0.3) is 0 Å².